The van der Waals surface area contributed by atoms with Gasteiger partial charge in [-0.15, -0.1) is 0 Å². The van der Waals surface area contributed by atoms with Gasteiger partial charge in [0.05, 0.1) is 19.9 Å². The van der Waals surface area contributed by atoms with Gasteiger partial charge >= 0.3 is 11.8 Å². The molecule has 0 saturated carbocycles. The number of carbonyl (C=O) groups is 2. The molecule has 0 aliphatic rings. The number of hydrogen-bond donors (Lipinski definition) is 1. The molecule has 1 aromatic carbocycles. The van der Waals surface area contributed by atoms with Crippen LogP contribution < -0.4 is 14.8 Å². The van der Waals surface area contributed by atoms with Crippen molar-refractivity contribution in [3.05, 3.63) is 18.2 Å². The van der Waals surface area contributed by atoms with Crippen LogP contribution in [-0.2, 0) is 9.59 Å². The van der Waals surface area contributed by atoms with Crippen LogP contribution in [0.25, 0.3) is 0 Å². The molecule has 0 aliphatic carbocycles. The molecule has 2 amide bonds. The first-order chi connectivity index (χ1) is 9.57. The summed E-state index contributed by atoms with van der Waals surface area (Å²) in [5.74, 6) is -0.204. The highest BCUT2D eigenvalue weighted by molar-refractivity contribution is 6.39. The maximum Gasteiger partial charge on any atom is 0.314 e. The summed E-state index contributed by atoms with van der Waals surface area (Å²) in [6.45, 7) is 4.62. The molecule has 6 nitrogen and oxygen atoms in total. The van der Waals surface area contributed by atoms with E-state index in [4.69, 9.17) is 9.47 Å². The van der Waals surface area contributed by atoms with Crippen LogP contribution in [0.4, 0.5) is 5.69 Å². The van der Waals surface area contributed by atoms with Crippen molar-refractivity contribution < 1.29 is 19.1 Å². The molecule has 6 heteroatoms. The minimum atomic E-state index is -0.683. The SMILES string of the molecule is CCN(CC)C(=O)C(=O)Nc1ccc(OC)cc1OC. The zero-order valence-corrected chi connectivity index (χ0v) is 12.2. The number of benzene rings is 1. The molecule has 0 spiro atoms. The maximum absolute atomic E-state index is 11.9. The topological polar surface area (TPSA) is 67.9 Å². The summed E-state index contributed by atoms with van der Waals surface area (Å²) in [4.78, 5) is 25.2. The second-order valence-electron chi connectivity index (χ2n) is 4.00. The van der Waals surface area contributed by atoms with E-state index in [0.29, 0.717) is 30.3 Å². The highest BCUT2D eigenvalue weighted by Gasteiger charge is 2.20. The van der Waals surface area contributed by atoms with Gasteiger partial charge in [-0.1, -0.05) is 0 Å². The molecule has 110 valence electrons. The summed E-state index contributed by atoms with van der Waals surface area (Å²) < 4.78 is 10.2. The van der Waals surface area contributed by atoms with Gasteiger partial charge in [0.25, 0.3) is 0 Å². The monoisotopic (exact) mass is 280 g/mol. The number of rotatable bonds is 5. The fourth-order valence-corrected chi connectivity index (χ4v) is 1.73. The minimum absolute atomic E-state index is 0.429. The van der Waals surface area contributed by atoms with Gasteiger partial charge in [0, 0.05) is 19.2 Å². The third-order valence-electron chi connectivity index (χ3n) is 2.90. The van der Waals surface area contributed by atoms with Gasteiger partial charge in [-0.25, -0.2) is 0 Å². The van der Waals surface area contributed by atoms with Gasteiger partial charge in [0.1, 0.15) is 11.5 Å². The number of amides is 2. The van der Waals surface area contributed by atoms with Crippen molar-refractivity contribution in [3.63, 3.8) is 0 Å². The molecule has 0 radical (unpaired) electrons. The summed E-state index contributed by atoms with van der Waals surface area (Å²) in [5.41, 5.74) is 0.429. The minimum Gasteiger partial charge on any atom is -0.497 e. The summed E-state index contributed by atoms with van der Waals surface area (Å²) in [6, 6.07) is 4.95. The Kier molecular flexibility index (Phi) is 5.83. The average molecular weight is 280 g/mol. The smallest absolute Gasteiger partial charge is 0.314 e. The summed E-state index contributed by atoms with van der Waals surface area (Å²) >= 11 is 0. The number of hydrogen-bond acceptors (Lipinski definition) is 4. The van der Waals surface area contributed by atoms with E-state index < -0.39 is 11.8 Å². The van der Waals surface area contributed by atoms with E-state index in [1.165, 1.54) is 19.1 Å². The first kappa shape index (κ1) is 15.8. The highest BCUT2D eigenvalue weighted by Crippen LogP contribution is 2.28. The van der Waals surface area contributed by atoms with Crippen molar-refractivity contribution in [3.8, 4) is 11.5 Å². The molecular formula is C14H20N2O4. The predicted molar refractivity (Wildman–Crippen MR) is 76.1 cm³/mol. The molecule has 0 fully saturated rings. The molecule has 0 bridgehead atoms. The Bertz CT molecular complexity index is 484. The molecule has 1 aromatic rings. The van der Waals surface area contributed by atoms with Crippen molar-refractivity contribution >= 4 is 17.5 Å². The third kappa shape index (κ3) is 3.63. The first-order valence-corrected chi connectivity index (χ1v) is 6.39. The van der Waals surface area contributed by atoms with Crippen LogP contribution in [-0.4, -0.2) is 44.0 Å². The molecule has 20 heavy (non-hydrogen) atoms. The fraction of sp³-hybridized carbons (Fsp3) is 0.429. The first-order valence-electron chi connectivity index (χ1n) is 6.39. The number of ether oxygens (including phenoxy) is 2. The van der Waals surface area contributed by atoms with Crippen molar-refractivity contribution in [2.24, 2.45) is 0 Å². The van der Waals surface area contributed by atoms with Crippen LogP contribution in [0.15, 0.2) is 18.2 Å². The van der Waals surface area contributed by atoms with Crippen LogP contribution in [0, 0.1) is 0 Å². The van der Waals surface area contributed by atoms with Crippen molar-refractivity contribution in [1.29, 1.82) is 0 Å². The number of likely N-dealkylation sites (N-methyl/N-ethyl adjacent to an activating group) is 1. The molecule has 0 heterocycles. The standard InChI is InChI=1S/C14H20N2O4/c1-5-16(6-2)14(18)13(17)15-11-8-7-10(19-3)9-12(11)20-4/h7-9H,5-6H2,1-4H3,(H,15,17). The van der Waals surface area contributed by atoms with E-state index in [-0.39, 0.29) is 0 Å². The lowest BCUT2D eigenvalue weighted by Crippen LogP contribution is -2.39. The van der Waals surface area contributed by atoms with Crippen LogP contribution in [0.1, 0.15) is 13.8 Å². The summed E-state index contributed by atoms with van der Waals surface area (Å²) in [5, 5.41) is 2.55. The number of nitrogens with one attached hydrogen (secondary N) is 1. The van der Waals surface area contributed by atoms with Crippen molar-refractivity contribution in [2.45, 2.75) is 13.8 Å². The van der Waals surface area contributed by atoms with Gasteiger partial charge in [-0.2, -0.15) is 0 Å². The molecule has 0 unspecified atom stereocenters. The van der Waals surface area contributed by atoms with E-state index in [1.54, 1.807) is 18.2 Å². The molecule has 0 atom stereocenters. The number of carbonyl (C=O) groups excluding carboxylic acids is 2. The number of nitrogens with zero attached hydrogens (tertiary/aromatic N) is 1. The van der Waals surface area contributed by atoms with Gasteiger partial charge in [0.2, 0.25) is 0 Å². The predicted octanol–water partition coefficient (Wildman–Crippen LogP) is 1.51. The van der Waals surface area contributed by atoms with E-state index in [9.17, 15) is 9.59 Å². The lowest BCUT2D eigenvalue weighted by Gasteiger charge is -2.18. The largest absolute Gasteiger partial charge is 0.497 e. The van der Waals surface area contributed by atoms with Gasteiger partial charge in [0.15, 0.2) is 0 Å². The number of anilines is 1. The second kappa shape index (κ2) is 7.37. The van der Waals surface area contributed by atoms with Crippen LogP contribution in [0.5, 0.6) is 11.5 Å². The molecular weight excluding hydrogens is 260 g/mol. The molecule has 1 rings (SSSR count). The van der Waals surface area contributed by atoms with E-state index in [1.807, 2.05) is 13.8 Å². The Labute approximate surface area is 118 Å². The van der Waals surface area contributed by atoms with Crippen LogP contribution in [0.2, 0.25) is 0 Å². The second-order valence-corrected chi connectivity index (χ2v) is 4.00. The van der Waals surface area contributed by atoms with Crippen LogP contribution in [0.3, 0.4) is 0 Å². The Morgan fingerprint density at radius 3 is 2.30 bits per heavy atom. The highest BCUT2D eigenvalue weighted by atomic mass is 16.5. The maximum atomic E-state index is 11.9. The summed E-state index contributed by atoms with van der Waals surface area (Å²) in [6.07, 6.45) is 0. The lowest BCUT2D eigenvalue weighted by atomic mass is 10.2. The molecule has 1 N–H and O–H groups in total. The van der Waals surface area contributed by atoms with Crippen LogP contribution >= 0.6 is 0 Å². The fourth-order valence-electron chi connectivity index (χ4n) is 1.73. The van der Waals surface area contributed by atoms with Crippen molar-refractivity contribution in [2.75, 3.05) is 32.6 Å². The third-order valence-corrected chi connectivity index (χ3v) is 2.90. The van der Waals surface area contributed by atoms with Crippen molar-refractivity contribution in [1.82, 2.24) is 4.90 Å². The Morgan fingerprint density at radius 2 is 1.80 bits per heavy atom. The van der Waals surface area contributed by atoms with E-state index in [0.717, 1.165) is 0 Å². The van der Waals surface area contributed by atoms with Gasteiger partial charge in [-0.3, -0.25) is 9.59 Å². The van der Waals surface area contributed by atoms with Gasteiger partial charge < -0.3 is 19.7 Å². The van der Waals surface area contributed by atoms with Gasteiger partial charge in [-0.05, 0) is 26.0 Å². The molecule has 0 aliphatic heterocycles. The van der Waals surface area contributed by atoms with E-state index >= 15 is 0 Å². The van der Waals surface area contributed by atoms with E-state index in [2.05, 4.69) is 5.32 Å². The molecule has 0 saturated heterocycles. The zero-order chi connectivity index (χ0) is 15.1. The lowest BCUT2D eigenvalue weighted by molar-refractivity contribution is -0.142. The Morgan fingerprint density at radius 1 is 1.15 bits per heavy atom. The number of methoxy groups -OCH3 is 2. The Hall–Kier alpha value is -2.24. The normalized spacial score (nSPS) is 9.80. The Balaban J connectivity index is 2.87. The zero-order valence-electron chi connectivity index (χ0n) is 12.2. The quantitative estimate of drug-likeness (QED) is 0.830. The molecule has 0 aromatic heterocycles. The summed E-state index contributed by atoms with van der Waals surface area (Å²) in [7, 11) is 3.02. The average Bonchev–Trinajstić information content (AvgIpc) is 2.48.